The van der Waals surface area contributed by atoms with Crippen LogP contribution in [-0.2, 0) is 4.79 Å². The summed E-state index contributed by atoms with van der Waals surface area (Å²) in [4.78, 5) is 20.2. The van der Waals surface area contributed by atoms with Crippen LogP contribution >= 0.6 is 0 Å². The van der Waals surface area contributed by atoms with Gasteiger partial charge in [0.1, 0.15) is 5.54 Å². The minimum Gasteiger partial charge on any atom is -0.369 e. The number of aliphatic imine (C=N–C) groups is 1. The van der Waals surface area contributed by atoms with Gasteiger partial charge in [-0.3, -0.25) is 9.69 Å². The Morgan fingerprint density at radius 3 is 2.23 bits per heavy atom. The molecule has 1 heterocycles. The maximum atomic E-state index is 13.5. The zero-order valence-electron chi connectivity index (χ0n) is 17.0. The highest BCUT2D eigenvalue weighted by Gasteiger charge is 2.49. The molecular weight excluding hydrogens is 322 g/mol. The van der Waals surface area contributed by atoms with Crippen LogP contribution in [0.1, 0.15) is 104 Å². The molecule has 0 saturated heterocycles. The van der Waals surface area contributed by atoms with Crippen molar-refractivity contribution in [2.45, 2.75) is 115 Å². The zero-order valence-corrected chi connectivity index (χ0v) is 17.0. The average Bonchev–Trinajstić information content (AvgIpc) is 2.91. The molecule has 1 amide bonds. The fourth-order valence-corrected chi connectivity index (χ4v) is 5.44. The van der Waals surface area contributed by atoms with E-state index < -0.39 is 5.54 Å². The van der Waals surface area contributed by atoms with E-state index in [0.29, 0.717) is 11.9 Å². The molecule has 0 bridgehead atoms. The van der Waals surface area contributed by atoms with E-state index in [4.69, 9.17) is 10.7 Å². The van der Waals surface area contributed by atoms with E-state index in [1.807, 2.05) is 4.90 Å². The summed E-state index contributed by atoms with van der Waals surface area (Å²) in [5.74, 6) is 2.11. The molecule has 26 heavy (non-hydrogen) atoms. The van der Waals surface area contributed by atoms with Crippen molar-refractivity contribution >= 4 is 11.9 Å². The van der Waals surface area contributed by atoms with Crippen LogP contribution in [0.4, 0.5) is 0 Å². The highest BCUT2D eigenvalue weighted by Crippen LogP contribution is 2.41. The molecule has 0 radical (unpaired) electrons. The van der Waals surface area contributed by atoms with E-state index in [9.17, 15) is 4.79 Å². The Morgan fingerprint density at radius 1 is 1.08 bits per heavy atom. The van der Waals surface area contributed by atoms with Crippen LogP contribution in [0.15, 0.2) is 4.99 Å². The van der Waals surface area contributed by atoms with Crippen molar-refractivity contribution in [2.24, 2.45) is 22.6 Å². The van der Waals surface area contributed by atoms with E-state index in [1.165, 1.54) is 64.2 Å². The standard InChI is InChI=1S/C22H39N3O/c1-3-17(2)25-20(26)22(24-21(25)23,16-19-12-8-5-9-13-19)15-14-18-10-6-4-7-11-18/h17-19H,3-16H2,1-2H3,(H2,23,24)/t17?,22-/m1/s1. The van der Waals surface area contributed by atoms with E-state index >= 15 is 0 Å². The van der Waals surface area contributed by atoms with Crippen LogP contribution in [-0.4, -0.2) is 28.3 Å². The van der Waals surface area contributed by atoms with E-state index in [1.54, 1.807) is 0 Å². The second-order valence-electron chi connectivity index (χ2n) is 9.18. The quantitative estimate of drug-likeness (QED) is 0.693. The lowest BCUT2D eigenvalue weighted by Crippen LogP contribution is -2.49. The molecule has 3 aliphatic rings. The number of amides is 1. The third-order valence-electron chi connectivity index (χ3n) is 7.27. The van der Waals surface area contributed by atoms with Gasteiger partial charge in [-0.15, -0.1) is 0 Å². The van der Waals surface area contributed by atoms with Gasteiger partial charge >= 0.3 is 0 Å². The highest BCUT2D eigenvalue weighted by molar-refractivity contribution is 6.07. The Morgan fingerprint density at radius 2 is 1.65 bits per heavy atom. The smallest absolute Gasteiger partial charge is 0.257 e. The molecule has 2 saturated carbocycles. The Kier molecular flexibility index (Phi) is 6.63. The molecular formula is C22H39N3O. The van der Waals surface area contributed by atoms with Crippen molar-refractivity contribution < 1.29 is 4.79 Å². The first kappa shape index (κ1) is 19.7. The Labute approximate surface area is 160 Å². The maximum absolute atomic E-state index is 13.5. The largest absolute Gasteiger partial charge is 0.369 e. The summed E-state index contributed by atoms with van der Waals surface area (Å²) in [5.41, 5.74) is 5.73. The SMILES string of the molecule is CCC(C)N1C(=O)[C@@](CCC2CCCCC2)(CC2CCCCC2)N=C1N. The Hall–Kier alpha value is -1.06. The fourth-order valence-electron chi connectivity index (χ4n) is 5.44. The van der Waals surface area contributed by atoms with Crippen LogP contribution in [0.25, 0.3) is 0 Å². The maximum Gasteiger partial charge on any atom is 0.257 e. The van der Waals surface area contributed by atoms with Crippen LogP contribution in [0.3, 0.4) is 0 Å². The number of hydrogen-bond donors (Lipinski definition) is 1. The van der Waals surface area contributed by atoms with Crippen molar-refractivity contribution in [1.29, 1.82) is 0 Å². The lowest BCUT2D eigenvalue weighted by molar-refractivity contribution is -0.133. The zero-order chi connectivity index (χ0) is 18.6. The lowest BCUT2D eigenvalue weighted by atomic mass is 9.75. The molecule has 2 fully saturated rings. The molecule has 4 nitrogen and oxygen atoms in total. The van der Waals surface area contributed by atoms with Gasteiger partial charge in [-0.25, -0.2) is 4.99 Å². The molecule has 2 N–H and O–H groups in total. The van der Waals surface area contributed by atoms with Gasteiger partial charge in [0, 0.05) is 6.04 Å². The normalized spacial score (nSPS) is 29.8. The number of nitrogens with two attached hydrogens (primary N) is 1. The third-order valence-corrected chi connectivity index (χ3v) is 7.27. The summed E-state index contributed by atoms with van der Waals surface area (Å²) >= 11 is 0. The molecule has 4 heteroatoms. The molecule has 3 rings (SSSR count). The number of carbonyl (C=O) groups is 1. The lowest BCUT2D eigenvalue weighted by Gasteiger charge is -2.34. The van der Waals surface area contributed by atoms with Gasteiger partial charge in [0.15, 0.2) is 5.96 Å². The van der Waals surface area contributed by atoms with Gasteiger partial charge in [0.2, 0.25) is 0 Å². The first-order valence-corrected chi connectivity index (χ1v) is 11.2. The molecule has 1 aliphatic heterocycles. The van der Waals surface area contributed by atoms with Crippen LogP contribution in [0.5, 0.6) is 0 Å². The van der Waals surface area contributed by atoms with E-state index in [2.05, 4.69) is 13.8 Å². The van der Waals surface area contributed by atoms with Gasteiger partial charge < -0.3 is 5.73 Å². The number of carbonyl (C=O) groups excluding carboxylic acids is 1. The molecule has 0 spiro atoms. The molecule has 148 valence electrons. The summed E-state index contributed by atoms with van der Waals surface area (Å²) in [5, 5.41) is 0. The van der Waals surface area contributed by atoms with Gasteiger partial charge in [-0.2, -0.15) is 0 Å². The second-order valence-corrected chi connectivity index (χ2v) is 9.18. The van der Waals surface area contributed by atoms with Crippen molar-refractivity contribution in [3.63, 3.8) is 0 Å². The van der Waals surface area contributed by atoms with Gasteiger partial charge in [0.05, 0.1) is 0 Å². The summed E-state index contributed by atoms with van der Waals surface area (Å²) in [7, 11) is 0. The van der Waals surface area contributed by atoms with E-state index in [0.717, 1.165) is 31.6 Å². The minimum absolute atomic E-state index is 0.147. The van der Waals surface area contributed by atoms with Crippen molar-refractivity contribution in [1.82, 2.24) is 4.90 Å². The molecule has 2 atom stereocenters. The first-order valence-electron chi connectivity index (χ1n) is 11.2. The van der Waals surface area contributed by atoms with Crippen LogP contribution in [0.2, 0.25) is 0 Å². The average molecular weight is 362 g/mol. The number of hydrogen-bond acceptors (Lipinski definition) is 3. The monoisotopic (exact) mass is 361 g/mol. The van der Waals surface area contributed by atoms with Gasteiger partial charge in [0.25, 0.3) is 5.91 Å². The fraction of sp³-hybridized carbons (Fsp3) is 0.909. The van der Waals surface area contributed by atoms with Gasteiger partial charge in [-0.1, -0.05) is 71.1 Å². The summed E-state index contributed by atoms with van der Waals surface area (Å²) in [6, 6.07) is 0.147. The third kappa shape index (κ3) is 4.26. The topological polar surface area (TPSA) is 58.7 Å². The Balaban J connectivity index is 1.75. The van der Waals surface area contributed by atoms with E-state index in [-0.39, 0.29) is 11.9 Å². The summed E-state index contributed by atoms with van der Waals surface area (Å²) in [6.45, 7) is 4.21. The minimum atomic E-state index is -0.563. The van der Waals surface area contributed by atoms with Crippen molar-refractivity contribution in [3.8, 4) is 0 Å². The molecule has 0 aromatic carbocycles. The number of rotatable bonds is 7. The number of nitrogens with zero attached hydrogens (tertiary/aromatic N) is 2. The molecule has 2 aliphatic carbocycles. The van der Waals surface area contributed by atoms with Crippen molar-refractivity contribution in [2.75, 3.05) is 0 Å². The van der Waals surface area contributed by atoms with Crippen LogP contribution < -0.4 is 5.73 Å². The van der Waals surface area contributed by atoms with Crippen LogP contribution in [0, 0.1) is 11.8 Å². The highest BCUT2D eigenvalue weighted by atomic mass is 16.2. The van der Waals surface area contributed by atoms with Crippen molar-refractivity contribution in [3.05, 3.63) is 0 Å². The van der Waals surface area contributed by atoms with Gasteiger partial charge in [-0.05, 0) is 44.4 Å². The summed E-state index contributed by atoms with van der Waals surface area (Å²) in [6.07, 6.45) is 17.2. The predicted octanol–water partition coefficient (Wildman–Crippen LogP) is 5.01. The molecule has 1 unspecified atom stereocenters. The Bertz CT molecular complexity index is 506. The first-order chi connectivity index (χ1) is 12.6. The molecule has 0 aromatic rings. The molecule has 0 aromatic heterocycles. The second kappa shape index (κ2) is 8.75. The predicted molar refractivity (Wildman–Crippen MR) is 108 cm³/mol. The summed E-state index contributed by atoms with van der Waals surface area (Å²) < 4.78 is 0. The number of guanidine groups is 1.